The van der Waals surface area contributed by atoms with Crippen LogP contribution in [0.4, 0.5) is 0 Å². The van der Waals surface area contributed by atoms with Gasteiger partial charge < -0.3 is 9.11 Å². The van der Waals surface area contributed by atoms with Gasteiger partial charge in [-0.1, -0.05) is 35.4 Å². The molecule has 0 bridgehead atoms. The van der Waals surface area contributed by atoms with Crippen molar-refractivity contribution in [3.8, 4) is 0 Å². The molecule has 0 aromatic heterocycles. The van der Waals surface area contributed by atoms with E-state index >= 15 is 0 Å². The van der Waals surface area contributed by atoms with Gasteiger partial charge in [0.05, 0.1) is 0 Å². The van der Waals surface area contributed by atoms with E-state index in [2.05, 4.69) is 0 Å². The van der Waals surface area contributed by atoms with Crippen LogP contribution in [-0.4, -0.2) is 17.5 Å². The summed E-state index contributed by atoms with van der Waals surface area (Å²) in [5, 5.41) is 0. The quantitative estimate of drug-likeness (QED) is 0.555. The van der Waals surface area contributed by atoms with Gasteiger partial charge in [-0.25, -0.2) is 0 Å². The average molecular weight is 418 g/mol. The van der Waals surface area contributed by atoms with Crippen molar-refractivity contribution in [3.05, 3.63) is 59.7 Å². The molecule has 2 unspecified atom stereocenters. The Labute approximate surface area is 145 Å². The molecule has 2 rings (SSSR count). The summed E-state index contributed by atoms with van der Waals surface area (Å²) in [6.07, 6.45) is 0. The third-order valence-electron chi connectivity index (χ3n) is 2.43. The number of rotatable bonds is 2. The van der Waals surface area contributed by atoms with Gasteiger partial charge in [0.1, 0.15) is 0 Å². The van der Waals surface area contributed by atoms with E-state index in [9.17, 15) is 17.5 Å². The molecule has 21 heavy (non-hydrogen) atoms. The first-order valence-corrected chi connectivity index (χ1v) is 7.87. The van der Waals surface area contributed by atoms with Crippen LogP contribution in [0.2, 0.25) is 0 Å². The van der Waals surface area contributed by atoms with Crippen molar-refractivity contribution in [1.82, 2.24) is 0 Å². The van der Waals surface area contributed by atoms with Crippen molar-refractivity contribution in [2.24, 2.45) is 0 Å². The number of hydrogen-bond donors (Lipinski definition) is 0. The molecule has 0 saturated carbocycles. The molecule has 1 radical (unpaired) electrons. The van der Waals surface area contributed by atoms with E-state index in [4.69, 9.17) is 0 Å². The molecule has 0 heterocycles. The van der Waals surface area contributed by atoms with Crippen molar-refractivity contribution in [3.63, 3.8) is 0 Å². The monoisotopic (exact) mass is 417 g/mol. The molecule has 119 valence electrons. The maximum atomic E-state index is 10.3. The normalized spacial score (nSPS) is 12.4. The Kier molecular flexibility index (Phi) is 9.89. The molecule has 0 amide bonds. The fraction of sp³-hybridized carbons (Fsp3) is 0.143. The smallest absolute Gasteiger partial charge is 0.0248 e. The second kappa shape index (κ2) is 10.2. The van der Waals surface area contributed by atoms with Gasteiger partial charge in [-0.3, -0.25) is 8.42 Å². The number of aryl methyl sites for hydroxylation is 2. The SMILES string of the molecule is Cc1ccc(S(=O)[O-])cc1.Cc1ccc(S(=O)[O-])cc1.[Ag]. The molecule has 7 heteroatoms. The van der Waals surface area contributed by atoms with Gasteiger partial charge in [-0.2, -0.15) is 0 Å². The van der Waals surface area contributed by atoms with Crippen LogP contribution in [0.5, 0.6) is 0 Å². The zero-order valence-electron chi connectivity index (χ0n) is 11.4. The van der Waals surface area contributed by atoms with E-state index in [1.807, 2.05) is 13.8 Å². The fourth-order valence-corrected chi connectivity index (χ4v) is 2.02. The second-order valence-corrected chi connectivity index (χ2v) is 5.98. The first-order chi connectivity index (χ1) is 9.40. The van der Waals surface area contributed by atoms with Crippen molar-refractivity contribution in [1.29, 1.82) is 0 Å². The molecular weight excluding hydrogens is 404 g/mol. The predicted octanol–water partition coefficient (Wildman–Crippen LogP) is 2.46. The molecule has 2 aromatic rings. The van der Waals surface area contributed by atoms with Crippen LogP contribution in [0.15, 0.2) is 58.3 Å². The Bertz CT molecular complexity index is 542. The minimum absolute atomic E-state index is 0. The Hall–Kier alpha value is -0.600. The molecule has 2 atom stereocenters. The fourth-order valence-electron chi connectivity index (χ4n) is 1.30. The molecule has 2 aromatic carbocycles. The summed E-state index contributed by atoms with van der Waals surface area (Å²) >= 11 is -4.17. The zero-order chi connectivity index (χ0) is 15.1. The maximum absolute atomic E-state index is 10.3. The van der Waals surface area contributed by atoms with Gasteiger partial charge in [0.25, 0.3) is 0 Å². The van der Waals surface area contributed by atoms with Crippen molar-refractivity contribution in [2.45, 2.75) is 23.6 Å². The van der Waals surface area contributed by atoms with E-state index in [0.717, 1.165) is 11.1 Å². The van der Waals surface area contributed by atoms with Crippen LogP contribution in [0.3, 0.4) is 0 Å². The second-order valence-electron chi connectivity index (χ2n) is 4.10. The molecule has 0 fully saturated rings. The summed E-state index contributed by atoms with van der Waals surface area (Å²) in [4.78, 5) is 0.677. The molecule has 0 spiro atoms. The van der Waals surface area contributed by atoms with Gasteiger partial charge in [-0.05, 0) is 60.3 Å². The van der Waals surface area contributed by atoms with Crippen molar-refractivity contribution < 1.29 is 39.9 Å². The van der Waals surface area contributed by atoms with Gasteiger partial charge in [0.2, 0.25) is 0 Å². The number of hydrogen-bond acceptors (Lipinski definition) is 4. The van der Waals surface area contributed by atoms with Crippen LogP contribution >= 0.6 is 0 Å². The Morgan fingerprint density at radius 1 is 0.667 bits per heavy atom. The third-order valence-corrected chi connectivity index (χ3v) is 3.74. The summed E-state index contributed by atoms with van der Waals surface area (Å²) in [6, 6.07) is 13.4. The Morgan fingerprint density at radius 2 is 0.905 bits per heavy atom. The minimum Gasteiger partial charge on any atom is -0.768 e. The van der Waals surface area contributed by atoms with Gasteiger partial charge in [0.15, 0.2) is 0 Å². The van der Waals surface area contributed by atoms with Crippen LogP contribution < -0.4 is 0 Å². The van der Waals surface area contributed by atoms with Crippen molar-refractivity contribution in [2.75, 3.05) is 0 Å². The van der Waals surface area contributed by atoms with Gasteiger partial charge in [0, 0.05) is 32.2 Å². The summed E-state index contributed by atoms with van der Waals surface area (Å²) in [6.45, 7) is 3.83. The predicted molar refractivity (Wildman–Crippen MR) is 76.7 cm³/mol. The molecule has 0 aliphatic rings. The largest absolute Gasteiger partial charge is 0.768 e. The summed E-state index contributed by atoms with van der Waals surface area (Å²) in [5.74, 6) is 0. The number of benzene rings is 2. The topological polar surface area (TPSA) is 80.3 Å². The van der Waals surface area contributed by atoms with E-state index in [0.29, 0.717) is 9.79 Å². The third kappa shape index (κ3) is 7.82. The summed E-state index contributed by atoms with van der Waals surface area (Å²) in [5.41, 5.74) is 2.13. The Balaban J connectivity index is 0.000000364. The van der Waals surface area contributed by atoms with Crippen LogP contribution in [0.25, 0.3) is 0 Å². The first-order valence-electron chi connectivity index (χ1n) is 5.72. The Morgan fingerprint density at radius 3 is 1.10 bits per heavy atom. The van der Waals surface area contributed by atoms with Gasteiger partial charge in [-0.15, -0.1) is 0 Å². The first kappa shape index (κ1) is 20.4. The van der Waals surface area contributed by atoms with E-state index < -0.39 is 22.2 Å². The van der Waals surface area contributed by atoms with Crippen molar-refractivity contribution >= 4 is 22.2 Å². The summed E-state index contributed by atoms with van der Waals surface area (Å²) in [7, 11) is 0. The molecule has 0 N–H and O–H groups in total. The van der Waals surface area contributed by atoms with E-state index in [-0.39, 0.29) is 22.4 Å². The zero-order valence-corrected chi connectivity index (χ0v) is 14.5. The molecule has 0 saturated heterocycles. The minimum atomic E-state index is -2.09. The molecule has 0 aliphatic carbocycles. The van der Waals surface area contributed by atoms with E-state index in [1.165, 1.54) is 0 Å². The van der Waals surface area contributed by atoms with Gasteiger partial charge >= 0.3 is 0 Å². The average Bonchev–Trinajstić information content (AvgIpc) is 2.40. The van der Waals surface area contributed by atoms with E-state index in [1.54, 1.807) is 48.5 Å². The maximum Gasteiger partial charge on any atom is 0.0248 e. The molecule has 4 nitrogen and oxygen atoms in total. The molecular formula is C14H14AgO4S2-2. The van der Waals surface area contributed by atoms with Crippen LogP contribution in [-0.2, 0) is 44.5 Å². The standard InChI is InChI=1S/2C7H8O2S.Ag/c2*1-6-2-4-7(5-3-6)10(8)9;/h2*2-5H,1H3,(H,8,9);/p-2. The summed E-state index contributed by atoms with van der Waals surface area (Å²) < 4.78 is 41.2. The molecule has 0 aliphatic heterocycles. The van der Waals surface area contributed by atoms with Crippen LogP contribution in [0, 0.1) is 13.8 Å². The van der Waals surface area contributed by atoms with Crippen LogP contribution in [0.1, 0.15) is 11.1 Å².